The van der Waals surface area contributed by atoms with Crippen molar-refractivity contribution in [3.05, 3.63) is 24.3 Å². The third-order valence-electron chi connectivity index (χ3n) is 2.83. The SMILES string of the molecule is CCOc1ccc(NC(=O)CNC(=O)C(C)CNC)cc1.Cl. The van der Waals surface area contributed by atoms with Crippen molar-refractivity contribution in [3.63, 3.8) is 0 Å². The van der Waals surface area contributed by atoms with Crippen molar-refractivity contribution in [2.75, 3.05) is 32.1 Å². The van der Waals surface area contributed by atoms with E-state index in [0.29, 0.717) is 18.8 Å². The number of amides is 2. The van der Waals surface area contributed by atoms with Crippen molar-refractivity contribution >= 4 is 29.9 Å². The van der Waals surface area contributed by atoms with Crippen molar-refractivity contribution in [1.29, 1.82) is 0 Å². The lowest BCUT2D eigenvalue weighted by Gasteiger charge is -2.12. The van der Waals surface area contributed by atoms with E-state index in [1.165, 1.54) is 0 Å². The molecule has 1 unspecified atom stereocenters. The van der Waals surface area contributed by atoms with Crippen LogP contribution in [0.15, 0.2) is 24.3 Å². The molecule has 7 heteroatoms. The maximum Gasteiger partial charge on any atom is 0.243 e. The van der Waals surface area contributed by atoms with Gasteiger partial charge in [0.1, 0.15) is 5.75 Å². The Hall–Kier alpha value is -1.79. The van der Waals surface area contributed by atoms with E-state index in [2.05, 4.69) is 16.0 Å². The molecule has 22 heavy (non-hydrogen) atoms. The van der Waals surface area contributed by atoms with Crippen LogP contribution in [0, 0.1) is 5.92 Å². The van der Waals surface area contributed by atoms with Gasteiger partial charge in [-0.1, -0.05) is 6.92 Å². The molecule has 0 fully saturated rings. The summed E-state index contributed by atoms with van der Waals surface area (Å²) in [7, 11) is 1.78. The Morgan fingerprint density at radius 3 is 2.41 bits per heavy atom. The van der Waals surface area contributed by atoms with Crippen LogP contribution in [-0.4, -0.2) is 38.6 Å². The van der Waals surface area contributed by atoms with E-state index in [4.69, 9.17) is 4.74 Å². The zero-order valence-electron chi connectivity index (χ0n) is 13.1. The molecule has 0 aromatic heterocycles. The number of hydrogen-bond donors (Lipinski definition) is 3. The second-order valence-corrected chi connectivity index (χ2v) is 4.68. The molecule has 0 saturated heterocycles. The molecule has 0 aliphatic rings. The number of rotatable bonds is 8. The number of hydrogen-bond acceptors (Lipinski definition) is 4. The molecule has 2 amide bonds. The van der Waals surface area contributed by atoms with Gasteiger partial charge in [0.2, 0.25) is 11.8 Å². The number of ether oxygens (including phenoxy) is 1. The normalized spacial score (nSPS) is 11.0. The molecule has 124 valence electrons. The van der Waals surface area contributed by atoms with Crippen LogP contribution in [-0.2, 0) is 9.59 Å². The Labute approximate surface area is 137 Å². The quantitative estimate of drug-likeness (QED) is 0.674. The second-order valence-electron chi connectivity index (χ2n) is 4.68. The van der Waals surface area contributed by atoms with Gasteiger partial charge in [-0.2, -0.15) is 0 Å². The summed E-state index contributed by atoms with van der Waals surface area (Å²) in [6.45, 7) is 4.85. The monoisotopic (exact) mass is 329 g/mol. The van der Waals surface area contributed by atoms with Gasteiger partial charge in [0, 0.05) is 18.2 Å². The number of carbonyl (C=O) groups is 2. The highest BCUT2D eigenvalue weighted by molar-refractivity contribution is 5.94. The van der Waals surface area contributed by atoms with Crippen LogP contribution in [0.5, 0.6) is 5.75 Å². The molecule has 1 atom stereocenters. The van der Waals surface area contributed by atoms with E-state index >= 15 is 0 Å². The van der Waals surface area contributed by atoms with Gasteiger partial charge in [0.25, 0.3) is 0 Å². The molecule has 1 rings (SSSR count). The molecule has 0 spiro atoms. The van der Waals surface area contributed by atoms with Gasteiger partial charge >= 0.3 is 0 Å². The van der Waals surface area contributed by atoms with Crippen LogP contribution in [0.4, 0.5) is 5.69 Å². The first-order valence-electron chi connectivity index (χ1n) is 7.01. The minimum atomic E-state index is -0.260. The van der Waals surface area contributed by atoms with E-state index in [9.17, 15) is 9.59 Å². The average molecular weight is 330 g/mol. The molecule has 0 saturated carbocycles. The van der Waals surface area contributed by atoms with Crippen molar-refractivity contribution in [2.45, 2.75) is 13.8 Å². The highest BCUT2D eigenvalue weighted by atomic mass is 35.5. The van der Waals surface area contributed by atoms with Crippen LogP contribution in [0.1, 0.15) is 13.8 Å². The van der Waals surface area contributed by atoms with Gasteiger partial charge < -0.3 is 20.7 Å². The molecule has 0 heterocycles. The molecule has 0 aliphatic carbocycles. The van der Waals surface area contributed by atoms with Crippen molar-refractivity contribution in [1.82, 2.24) is 10.6 Å². The molecule has 0 aliphatic heterocycles. The van der Waals surface area contributed by atoms with Crippen molar-refractivity contribution in [2.24, 2.45) is 5.92 Å². The van der Waals surface area contributed by atoms with Crippen LogP contribution in [0.2, 0.25) is 0 Å². The molecule has 6 nitrogen and oxygen atoms in total. The molecule has 3 N–H and O–H groups in total. The summed E-state index contributed by atoms with van der Waals surface area (Å²) >= 11 is 0. The van der Waals surface area contributed by atoms with Crippen LogP contribution < -0.4 is 20.7 Å². The highest BCUT2D eigenvalue weighted by Gasteiger charge is 2.12. The Balaban J connectivity index is 0.00000441. The maximum atomic E-state index is 11.7. The summed E-state index contributed by atoms with van der Waals surface area (Å²) in [6.07, 6.45) is 0. The molecule has 1 aromatic carbocycles. The van der Waals surface area contributed by atoms with Crippen LogP contribution >= 0.6 is 12.4 Å². The summed E-state index contributed by atoms with van der Waals surface area (Å²) in [6, 6.07) is 7.09. The molecular formula is C15H24ClN3O3. The number of benzene rings is 1. The smallest absolute Gasteiger partial charge is 0.243 e. The third kappa shape index (κ3) is 7.28. The number of anilines is 1. The van der Waals surface area contributed by atoms with E-state index in [0.717, 1.165) is 5.75 Å². The van der Waals surface area contributed by atoms with Crippen molar-refractivity contribution in [3.8, 4) is 5.75 Å². The third-order valence-corrected chi connectivity index (χ3v) is 2.83. The summed E-state index contributed by atoms with van der Waals surface area (Å²) in [5, 5.41) is 8.23. The van der Waals surface area contributed by atoms with Gasteiger partial charge in [-0.15, -0.1) is 12.4 Å². The topological polar surface area (TPSA) is 79.5 Å². The summed E-state index contributed by atoms with van der Waals surface area (Å²) in [5.74, 6) is 0.174. The van der Waals surface area contributed by atoms with E-state index in [1.807, 2.05) is 6.92 Å². The Bertz CT molecular complexity index is 466. The highest BCUT2D eigenvalue weighted by Crippen LogP contribution is 2.15. The lowest BCUT2D eigenvalue weighted by atomic mass is 10.1. The molecule has 0 radical (unpaired) electrons. The van der Waals surface area contributed by atoms with Gasteiger partial charge in [0.15, 0.2) is 0 Å². The first-order chi connectivity index (χ1) is 10.1. The van der Waals surface area contributed by atoms with Crippen molar-refractivity contribution < 1.29 is 14.3 Å². The standard InChI is InChI=1S/C15H23N3O3.ClH/c1-4-21-13-7-5-12(6-8-13)18-14(19)10-17-15(20)11(2)9-16-3;/h5-8,11,16H,4,9-10H2,1-3H3,(H,17,20)(H,18,19);1H. The largest absolute Gasteiger partial charge is 0.494 e. The molecule has 0 bridgehead atoms. The first-order valence-corrected chi connectivity index (χ1v) is 7.01. The Kier molecular flexibility index (Phi) is 9.98. The minimum Gasteiger partial charge on any atom is -0.494 e. The Morgan fingerprint density at radius 2 is 1.86 bits per heavy atom. The fourth-order valence-electron chi connectivity index (χ4n) is 1.75. The summed E-state index contributed by atoms with van der Waals surface area (Å²) < 4.78 is 5.32. The number of nitrogens with one attached hydrogen (secondary N) is 3. The van der Waals surface area contributed by atoms with Crippen LogP contribution in [0.25, 0.3) is 0 Å². The predicted molar refractivity (Wildman–Crippen MR) is 89.6 cm³/mol. The summed E-state index contributed by atoms with van der Waals surface area (Å²) in [4.78, 5) is 23.4. The minimum absolute atomic E-state index is 0. The second kappa shape index (κ2) is 10.9. The number of halogens is 1. The summed E-state index contributed by atoms with van der Waals surface area (Å²) in [5.41, 5.74) is 0.668. The van der Waals surface area contributed by atoms with E-state index in [-0.39, 0.29) is 36.7 Å². The zero-order chi connectivity index (χ0) is 15.7. The molecule has 1 aromatic rings. The van der Waals surface area contributed by atoms with Gasteiger partial charge in [-0.25, -0.2) is 0 Å². The fraction of sp³-hybridized carbons (Fsp3) is 0.467. The predicted octanol–water partition coefficient (Wildman–Crippen LogP) is 1.42. The zero-order valence-corrected chi connectivity index (χ0v) is 14.0. The molecular weight excluding hydrogens is 306 g/mol. The van der Waals surface area contributed by atoms with Gasteiger partial charge in [0.05, 0.1) is 13.2 Å². The fourth-order valence-corrected chi connectivity index (χ4v) is 1.75. The van der Waals surface area contributed by atoms with E-state index < -0.39 is 0 Å². The average Bonchev–Trinajstić information content (AvgIpc) is 2.47. The number of carbonyl (C=O) groups excluding carboxylic acids is 2. The van der Waals surface area contributed by atoms with Gasteiger partial charge in [-0.3, -0.25) is 9.59 Å². The lowest BCUT2D eigenvalue weighted by Crippen LogP contribution is -2.38. The Morgan fingerprint density at radius 1 is 1.23 bits per heavy atom. The van der Waals surface area contributed by atoms with Crippen LogP contribution in [0.3, 0.4) is 0 Å². The maximum absolute atomic E-state index is 11.7. The first kappa shape index (κ1) is 20.2. The van der Waals surface area contributed by atoms with Gasteiger partial charge in [-0.05, 0) is 38.2 Å². The lowest BCUT2D eigenvalue weighted by molar-refractivity contribution is -0.126. The van der Waals surface area contributed by atoms with E-state index in [1.54, 1.807) is 38.2 Å².